The summed E-state index contributed by atoms with van der Waals surface area (Å²) in [7, 11) is 0. The van der Waals surface area contributed by atoms with Gasteiger partial charge in [0.25, 0.3) is 5.91 Å². The molecule has 0 saturated heterocycles. The molecule has 0 radical (unpaired) electrons. The van der Waals surface area contributed by atoms with Crippen molar-refractivity contribution in [1.82, 2.24) is 10.7 Å². The lowest BCUT2D eigenvalue weighted by Gasteiger charge is -2.13. The van der Waals surface area contributed by atoms with Gasteiger partial charge in [-0.25, -0.2) is 5.43 Å². The molecule has 3 aromatic carbocycles. The molecule has 198 valence electrons. The molecule has 0 spiro atoms. The number of nitrogens with zero attached hydrogens (tertiary/aromatic N) is 1. The summed E-state index contributed by atoms with van der Waals surface area (Å²) in [6.45, 7) is 8.13. The van der Waals surface area contributed by atoms with Crippen LogP contribution in [0.1, 0.15) is 34.7 Å². The van der Waals surface area contributed by atoms with E-state index in [1.807, 2.05) is 70.2 Å². The van der Waals surface area contributed by atoms with Gasteiger partial charge in [0.2, 0.25) is 0 Å². The van der Waals surface area contributed by atoms with Crippen molar-refractivity contribution in [3.8, 4) is 11.5 Å². The monoisotopic (exact) mass is 516 g/mol. The molecular formula is C29H32N4O5. The molecule has 0 aliphatic rings. The van der Waals surface area contributed by atoms with Crippen LogP contribution < -0.4 is 25.5 Å². The number of benzene rings is 3. The maximum Gasteiger partial charge on any atom is 0.329 e. The molecule has 9 nitrogen and oxygen atoms in total. The molecule has 0 heterocycles. The molecule has 9 heteroatoms. The van der Waals surface area contributed by atoms with E-state index in [1.54, 1.807) is 18.2 Å². The van der Waals surface area contributed by atoms with E-state index in [0.717, 1.165) is 27.9 Å². The molecule has 0 fully saturated rings. The number of carbonyl (C=O) groups is 3. The van der Waals surface area contributed by atoms with Crippen LogP contribution in [-0.4, -0.2) is 37.1 Å². The van der Waals surface area contributed by atoms with E-state index in [2.05, 4.69) is 21.2 Å². The highest BCUT2D eigenvalue weighted by molar-refractivity contribution is 6.35. The van der Waals surface area contributed by atoms with Gasteiger partial charge in [-0.2, -0.15) is 5.10 Å². The van der Waals surface area contributed by atoms with Crippen molar-refractivity contribution >= 4 is 29.6 Å². The number of nitrogens with one attached hydrogen (secondary N) is 3. The minimum Gasteiger partial charge on any atom is -0.490 e. The van der Waals surface area contributed by atoms with Gasteiger partial charge in [0, 0.05) is 12.2 Å². The van der Waals surface area contributed by atoms with E-state index in [4.69, 9.17) is 9.47 Å². The highest BCUT2D eigenvalue weighted by Gasteiger charge is 2.13. The lowest BCUT2D eigenvalue weighted by atomic mass is 10.1. The largest absolute Gasteiger partial charge is 0.490 e. The Labute approximate surface area is 222 Å². The number of carbonyl (C=O) groups excluding carboxylic acids is 3. The van der Waals surface area contributed by atoms with Crippen LogP contribution in [0.15, 0.2) is 65.8 Å². The van der Waals surface area contributed by atoms with Crippen molar-refractivity contribution in [2.75, 3.05) is 18.5 Å². The zero-order valence-corrected chi connectivity index (χ0v) is 22.0. The SMILES string of the molecule is CCOc1cc(/C=N\NC(=O)C(=O)NCc2ccc(C)cc2)ccc1OCC(=O)Nc1ccc(C)cc1C. The van der Waals surface area contributed by atoms with Gasteiger partial charge in [-0.05, 0) is 68.7 Å². The average Bonchev–Trinajstić information content (AvgIpc) is 2.89. The van der Waals surface area contributed by atoms with Gasteiger partial charge in [-0.15, -0.1) is 0 Å². The van der Waals surface area contributed by atoms with E-state index < -0.39 is 11.8 Å². The average molecular weight is 517 g/mol. The van der Waals surface area contributed by atoms with Crippen LogP contribution in [0.25, 0.3) is 0 Å². The molecule has 0 aliphatic carbocycles. The first-order valence-corrected chi connectivity index (χ1v) is 12.2. The van der Waals surface area contributed by atoms with Gasteiger partial charge in [0.1, 0.15) is 0 Å². The second-order valence-electron chi connectivity index (χ2n) is 8.66. The van der Waals surface area contributed by atoms with Crippen LogP contribution in [0.4, 0.5) is 5.69 Å². The normalized spacial score (nSPS) is 10.6. The number of hydrazone groups is 1. The highest BCUT2D eigenvalue weighted by Crippen LogP contribution is 2.28. The first-order chi connectivity index (χ1) is 18.2. The summed E-state index contributed by atoms with van der Waals surface area (Å²) in [4.78, 5) is 36.4. The third kappa shape index (κ3) is 8.48. The molecule has 0 bridgehead atoms. The fraction of sp³-hybridized carbons (Fsp3) is 0.241. The lowest BCUT2D eigenvalue weighted by Crippen LogP contribution is -2.37. The summed E-state index contributed by atoms with van der Waals surface area (Å²) in [6.07, 6.45) is 1.38. The Morgan fingerprint density at radius 3 is 2.29 bits per heavy atom. The summed E-state index contributed by atoms with van der Waals surface area (Å²) in [5.41, 5.74) is 7.61. The Bertz CT molecular complexity index is 1320. The van der Waals surface area contributed by atoms with E-state index >= 15 is 0 Å². The van der Waals surface area contributed by atoms with E-state index in [-0.39, 0.29) is 19.1 Å². The molecular weight excluding hydrogens is 484 g/mol. The molecule has 0 saturated carbocycles. The first kappa shape index (κ1) is 27.9. The standard InChI is InChI=1S/C29H32N4O5/c1-5-37-26-15-23(17-31-33-29(36)28(35)30-16-22-9-6-19(2)7-10-22)11-13-25(26)38-18-27(34)32-24-12-8-20(3)14-21(24)4/h6-15,17H,5,16,18H2,1-4H3,(H,30,35)(H,32,34)(H,33,36)/b31-17-. The molecule has 0 atom stereocenters. The zero-order valence-electron chi connectivity index (χ0n) is 22.0. The molecule has 0 unspecified atom stereocenters. The summed E-state index contributed by atoms with van der Waals surface area (Å²) >= 11 is 0. The number of hydrogen-bond acceptors (Lipinski definition) is 6. The first-order valence-electron chi connectivity index (χ1n) is 12.2. The third-order valence-electron chi connectivity index (χ3n) is 5.44. The quantitative estimate of drug-likeness (QED) is 0.215. The highest BCUT2D eigenvalue weighted by atomic mass is 16.5. The number of amides is 3. The van der Waals surface area contributed by atoms with Gasteiger partial charge in [0.05, 0.1) is 12.8 Å². The van der Waals surface area contributed by atoms with Crippen molar-refractivity contribution in [2.24, 2.45) is 5.10 Å². The van der Waals surface area contributed by atoms with Crippen LogP contribution >= 0.6 is 0 Å². The molecule has 38 heavy (non-hydrogen) atoms. The fourth-order valence-corrected chi connectivity index (χ4v) is 3.46. The fourth-order valence-electron chi connectivity index (χ4n) is 3.46. The number of aryl methyl sites for hydroxylation is 3. The lowest BCUT2D eigenvalue weighted by molar-refractivity contribution is -0.139. The van der Waals surface area contributed by atoms with E-state index in [1.165, 1.54) is 6.21 Å². The number of rotatable bonds is 10. The van der Waals surface area contributed by atoms with Gasteiger partial charge < -0.3 is 20.1 Å². The topological polar surface area (TPSA) is 118 Å². The molecule has 3 rings (SSSR count). The van der Waals surface area contributed by atoms with Crippen LogP contribution in [0.5, 0.6) is 11.5 Å². The van der Waals surface area contributed by atoms with Crippen LogP contribution in [0.3, 0.4) is 0 Å². The summed E-state index contributed by atoms with van der Waals surface area (Å²) in [5, 5.41) is 9.24. The molecule has 3 N–H and O–H groups in total. The van der Waals surface area contributed by atoms with Gasteiger partial charge in [0.15, 0.2) is 18.1 Å². The van der Waals surface area contributed by atoms with Crippen LogP contribution in [0.2, 0.25) is 0 Å². The minimum absolute atomic E-state index is 0.200. The molecule has 3 amide bonds. The smallest absolute Gasteiger partial charge is 0.329 e. The van der Waals surface area contributed by atoms with Crippen LogP contribution in [-0.2, 0) is 20.9 Å². The Kier molecular flexibility index (Phi) is 9.99. The molecule has 0 aromatic heterocycles. The second kappa shape index (κ2) is 13.6. The van der Waals surface area contributed by atoms with Crippen molar-refractivity contribution in [3.05, 3.63) is 88.5 Å². The van der Waals surface area contributed by atoms with E-state index in [0.29, 0.717) is 23.7 Å². The molecule has 0 aliphatic heterocycles. The second-order valence-corrected chi connectivity index (χ2v) is 8.66. The number of hydrogen-bond donors (Lipinski definition) is 3. The summed E-state index contributed by atoms with van der Waals surface area (Å²) < 4.78 is 11.3. The Morgan fingerprint density at radius 2 is 1.58 bits per heavy atom. The van der Waals surface area contributed by atoms with Crippen LogP contribution in [0, 0.1) is 20.8 Å². The maximum atomic E-state index is 12.4. The molecule has 3 aromatic rings. The predicted octanol–water partition coefficient (Wildman–Crippen LogP) is 3.79. The van der Waals surface area contributed by atoms with E-state index in [9.17, 15) is 14.4 Å². The maximum absolute atomic E-state index is 12.4. The third-order valence-corrected chi connectivity index (χ3v) is 5.44. The van der Waals surface area contributed by atoms with Crippen molar-refractivity contribution in [3.63, 3.8) is 0 Å². The van der Waals surface area contributed by atoms with Crippen molar-refractivity contribution < 1.29 is 23.9 Å². The number of ether oxygens (including phenoxy) is 2. The minimum atomic E-state index is -0.881. The van der Waals surface area contributed by atoms with Gasteiger partial charge >= 0.3 is 11.8 Å². The Morgan fingerprint density at radius 1 is 0.842 bits per heavy atom. The predicted molar refractivity (Wildman–Crippen MR) is 146 cm³/mol. The van der Waals surface area contributed by atoms with Crippen molar-refractivity contribution in [1.29, 1.82) is 0 Å². The van der Waals surface area contributed by atoms with Crippen molar-refractivity contribution in [2.45, 2.75) is 34.2 Å². The Balaban J connectivity index is 1.52. The number of anilines is 1. The zero-order chi connectivity index (χ0) is 27.5. The Hall–Kier alpha value is -4.66. The van der Waals surface area contributed by atoms with Gasteiger partial charge in [-0.1, -0.05) is 47.5 Å². The summed E-state index contributed by atoms with van der Waals surface area (Å²) in [6, 6.07) is 18.4. The summed E-state index contributed by atoms with van der Waals surface area (Å²) in [5.74, 6) is -1.17. The van der Waals surface area contributed by atoms with Gasteiger partial charge in [-0.3, -0.25) is 14.4 Å².